The summed E-state index contributed by atoms with van der Waals surface area (Å²) in [6.07, 6.45) is 5.64. The molecule has 0 amide bonds. The van der Waals surface area contributed by atoms with Crippen molar-refractivity contribution in [3.63, 3.8) is 0 Å². The Morgan fingerprint density at radius 3 is 0.870 bits per heavy atom. The molecule has 1 aromatic heterocycles. The van der Waals surface area contributed by atoms with Crippen LogP contribution in [0.1, 0.15) is 43.1 Å². The summed E-state index contributed by atoms with van der Waals surface area (Å²) in [4.78, 5) is 2.48. The molecule has 0 N–H and O–H groups in total. The minimum absolute atomic E-state index is 1.03. The Labute approximate surface area is 277 Å². The van der Waals surface area contributed by atoms with Crippen LogP contribution in [0.4, 0.5) is 0 Å². The van der Waals surface area contributed by atoms with Crippen molar-refractivity contribution in [1.29, 1.82) is 0 Å². The summed E-state index contributed by atoms with van der Waals surface area (Å²) >= 11 is 1.82. The van der Waals surface area contributed by atoms with Crippen molar-refractivity contribution < 1.29 is 0 Å². The first-order valence-corrected chi connectivity index (χ1v) is 16.5. The maximum atomic E-state index is 2.30. The van der Waals surface area contributed by atoms with Gasteiger partial charge in [0.15, 0.2) is 0 Å². The largest absolute Gasteiger partial charge is 0.136 e. The molecule has 0 aliphatic rings. The van der Waals surface area contributed by atoms with Gasteiger partial charge in [0.25, 0.3) is 0 Å². The van der Waals surface area contributed by atoms with E-state index in [-0.39, 0.29) is 0 Å². The van der Waals surface area contributed by atoms with Gasteiger partial charge < -0.3 is 0 Å². The molecule has 0 nitrogen and oxygen atoms in total. The van der Waals surface area contributed by atoms with E-state index in [1.165, 1.54) is 54.3 Å². The predicted octanol–water partition coefficient (Wildman–Crippen LogP) is 12.2. The van der Waals surface area contributed by atoms with Crippen molar-refractivity contribution in [2.24, 2.45) is 0 Å². The van der Waals surface area contributed by atoms with Gasteiger partial charge in [-0.15, -0.1) is 11.3 Å². The van der Waals surface area contributed by atoms with Gasteiger partial charge in [-0.3, -0.25) is 0 Å². The highest BCUT2D eigenvalue weighted by atomic mass is 32.1. The van der Waals surface area contributed by atoms with Crippen LogP contribution in [-0.4, -0.2) is 0 Å². The van der Waals surface area contributed by atoms with Crippen molar-refractivity contribution in [3.05, 3.63) is 237 Å². The molecule has 7 aromatic rings. The van der Waals surface area contributed by atoms with Gasteiger partial charge in [0, 0.05) is 9.75 Å². The number of rotatable bonds is 8. The molecule has 0 saturated carbocycles. The second-order valence-corrected chi connectivity index (χ2v) is 12.1. The zero-order valence-electron chi connectivity index (χ0n) is 25.7. The van der Waals surface area contributed by atoms with Gasteiger partial charge in [0.2, 0.25) is 0 Å². The van der Waals surface area contributed by atoms with E-state index in [0.29, 0.717) is 0 Å². The maximum Gasteiger partial charge on any atom is 0.0283 e. The zero-order chi connectivity index (χ0) is 31.2. The first kappa shape index (κ1) is 30.5. The van der Waals surface area contributed by atoms with Gasteiger partial charge >= 0.3 is 0 Å². The van der Waals surface area contributed by atoms with Gasteiger partial charge in [-0.2, -0.15) is 0 Å². The third-order valence-corrected chi connectivity index (χ3v) is 8.63. The Balaban J connectivity index is 0.000000238. The fraction of sp³-hybridized carbons (Fsp3) is 0.0222. The minimum Gasteiger partial charge on any atom is -0.136 e. The summed E-state index contributed by atoms with van der Waals surface area (Å²) in [5.74, 6) is 0. The summed E-state index contributed by atoms with van der Waals surface area (Å²) in [7, 11) is 0. The van der Waals surface area contributed by atoms with Gasteiger partial charge in [-0.05, 0) is 75.2 Å². The van der Waals surface area contributed by atoms with E-state index >= 15 is 0 Å². The van der Waals surface area contributed by atoms with Crippen molar-refractivity contribution in [2.45, 2.75) is 6.42 Å². The molecule has 46 heavy (non-hydrogen) atoms. The molecule has 0 spiro atoms. The van der Waals surface area contributed by atoms with Crippen LogP contribution in [0, 0.1) is 0 Å². The van der Waals surface area contributed by atoms with Crippen LogP contribution in [0.2, 0.25) is 0 Å². The van der Waals surface area contributed by atoms with E-state index in [0.717, 1.165) is 6.42 Å². The summed E-state index contributed by atoms with van der Waals surface area (Å²) in [5.41, 5.74) is 10.1. The lowest BCUT2D eigenvalue weighted by molar-refractivity contribution is 1.19. The fourth-order valence-corrected chi connectivity index (χ4v) is 6.27. The first-order valence-electron chi connectivity index (χ1n) is 15.6. The highest BCUT2D eigenvalue weighted by Crippen LogP contribution is 2.32. The first-order chi connectivity index (χ1) is 22.8. The Bertz CT molecular complexity index is 1730. The van der Waals surface area contributed by atoms with Crippen LogP contribution in [0.25, 0.3) is 23.3 Å². The molecule has 1 heterocycles. The number of benzene rings is 6. The third kappa shape index (κ3) is 8.57. The van der Waals surface area contributed by atoms with E-state index < -0.39 is 0 Å². The summed E-state index contributed by atoms with van der Waals surface area (Å²) < 4.78 is 0. The van der Waals surface area contributed by atoms with Crippen LogP contribution in [0.5, 0.6) is 0 Å². The molecule has 0 aliphatic heterocycles. The molecule has 0 radical (unpaired) electrons. The molecular formula is C45H36S. The van der Waals surface area contributed by atoms with Crippen molar-refractivity contribution in [3.8, 4) is 0 Å². The van der Waals surface area contributed by atoms with Gasteiger partial charge in [0.05, 0.1) is 0 Å². The molecule has 0 aliphatic carbocycles. The highest BCUT2D eigenvalue weighted by Gasteiger charge is 2.08. The molecule has 1 heteroatoms. The van der Waals surface area contributed by atoms with E-state index in [1.807, 2.05) is 11.3 Å². The van der Waals surface area contributed by atoms with Crippen LogP contribution in [0.3, 0.4) is 0 Å². The Hall–Kier alpha value is -5.50. The number of hydrogen-bond acceptors (Lipinski definition) is 1. The van der Waals surface area contributed by atoms with Gasteiger partial charge in [0.1, 0.15) is 0 Å². The predicted molar refractivity (Wildman–Crippen MR) is 200 cm³/mol. The molecule has 222 valence electrons. The molecule has 0 unspecified atom stereocenters. The van der Waals surface area contributed by atoms with Gasteiger partial charge in [-0.25, -0.2) is 0 Å². The Morgan fingerprint density at radius 1 is 0.326 bits per heavy atom. The number of hydrogen-bond donors (Lipinski definition) is 0. The quantitative estimate of drug-likeness (QED) is 0.161. The number of thiophene rings is 1. The van der Waals surface area contributed by atoms with Crippen molar-refractivity contribution in [2.75, 3.05) is 0 Å². The van der Waals surface area contributed by atoms with Crippen LogP contribution < -0.4 is 0 Å². The molecule has 0 atom stereocenters. The maximum absolute atomic E-state index is 2.30. The smallest absolute Gasteiger partial charge is 0.0283 e. The second-order valence-electron chi connectivity index (χ2n) is 11.0. The average Bonchev–Trinajstić information content (AvgIpc) is 3.59. The topological polar surface area (TPSA) is 0 Å². The lowest BCUT2D eigenvalue weighted by atomic mass is 9.97. The molecule has 6 aromatic carbocycles. The monoisotopic (exact) mass is 608 g/mol. The van der Waals surface area contributed by atoms with Gasteiger partial charge in [-0.1, -0.05) is 182 Å². The van der Waals surface area contributed by atoms with Crippen LogP contribution in [-0.2, 0) is 6.42 Å². The average molecular weight is 609 g/mol. The minimum atomic E-state index is 1.03. The SMILES string of the molecule is C(=C(c1ccccc1)c1ccccc1)c1ccc(C=C(c2ccccc2)c2ccccc2)s1.c1ccc(Cc2ccccc2)cc1. The zero-order valence-corrected chi connectivity index (χ0v) is 26.6. The van der Waals surface area contributed by atoms with Crippen molar-refractivity contribution >= 4 is 34.6 Å². The molecule has 0 bridgehead atoms. The van der Waals surface area contributed by atoms with Crippen LogP contribution in [0.15, 0.2) is 194 Å². The Kier molecular flexibility index (Phi) is 10.6. The molecule has 0 saturated heterocycles. The van der Waals surface area contributed by atoms with Crippen LogP contribution >= 0.6 is 11.3 Å². The summed E-state index contributed by atoms with van der Waals surface area (Å²) in [6.45, 7) is 0. The lowest BCUT2D eigenvalue weighted by Crippen LogP contribution is -1.87. The second kappa shape index (κ2) is 16.0. The molecular weight excluding hydrogens is 573 g/mol. The lowest BCUT2D eigenvalue weighted by Gasteiger charge is -2.08. The van der Waals surface area contributed by atoms with E-state index in [2.05, 4.69) is 206 Å². The standard InChI is InChI=1S/C32H24S.C13H12/c1-5-13-25(14-6-1)31(26-15-7-2-8-16-26)23-29-21-22-30(33-29)24-32(27-17-9-3-10-18-27)28-19-11-4-12-20-28;1-3-7-12(8-4-1)11-13-9-5-2-6-10-13/h1-24H;1-10H,11H2. The normalized spacial score (nSPS) is 10.3. The third-order valence-electron chi connectivity index (χ3n) is 7.65. The molecule has 0 fully saturated rings. The Morgan fingerprint density at radius 2 is 0.587 bits per heavy atom. The molecule has 7 rings (SSSR count). The summed E-state index contributed by atoms with van der Waals surface area (Å²) in [5, 5.41) is 0. The van der Waals surface area contributed by atoms with Crippen molar-refractivity contribution in [1.82, 2.24) is 0 Å². The van der Waals surface area contributed by atoms with E-state index in [9.17, 15) is 0 Å². The summed E-state index contributed by atoms with van der Waals surface area (Å²) in [6, 6.07) is 68.0. The van der Waals surface area contributed by atoms with E-state index in [4.69, 9.17) is 0 Å². The fourth-order valence-electron chi connectivity index (χ4n) is 5.37. The van der Waals surface area contributed by atoms with E-state index in [1.54, 1.807) is 0 Å². The highest BCUT2D eigenvalue weighted by molar-refractivity contribution is 7.13.